The van der Waals surface area contributed by atoms with Gasteiger partial charge in [-0.1, -0.05) is 378 Å². The summed E-state index contributed by atoms with van der Waals surface area (Å²) in [5.41, 5.74) is 0. The molecule has 0 aromatic rings. The van der Waals surface area contributed by atoms with Crippen molar-refractivity contribution in [2.75, 3.05) is 40.9 Å². The van der Waals surface area contributed by atoms with E-state index in [0.717, 1.165) is 122 Å². The first-order valence-corrected chi connectivity index (χ1v) is 41.2. The summed E-state index contributed by atoms with van der Waals surface area (Å²) in [5, 5.41) is 14.0. The van der Waals surface area contributed by atoms with Crippen LogP contribution in [0, 0.1) is 0 Å². The Labute approximate surface area is 589 Å². The molecule has 0 rings (SSSR count). The third-order valence-electron chi connectivity index (χ3n) is 17.3. The van der Waals surface area contributed by atoms with Gasteiger partial charge in [-0.15, -0.1) is 0 Å². The van der Waals surface area contributed by atoms with Gasteiger partial charge in [0.05, 0.1) is 39.9 Å². The van der Waals surface area contributed by atoms with E-state index in [4.69, 9.17) is 9.05 Å². The molecule has 95 heavy (non-hydrogen) atoms. The topological polar surface area (TPSA) is 108 Å². The molecule has 1 amide bonds. The molecule has 3 unspecified atom stereocenters. The summed E-state index contributed by atoms with van der Waals surface area (Å²) < 4.78 is 23.5. The van der Waals surface area contributed by atoms with Crippen LogP contribution in [0.3, 0.4) is 0 Å². The van der Waals surface area contributed by atoms with Crippen molar-refractivity contribution in [3.05, 3.63) is 146 Å². The van der Waals surface area contributed by atoms with Crippen molar-refractivity contribution in [3.8, 4) is 0 Å². The number of unbranched alkanes of at least 4 members (excludes halogenated alkanes) is 37. The maximum atomic E-state index is 13.1. The van der Waals surface area contributed by atoms with Crippen LogP contribution in [0.1, 0.15) is 341 Å². The fourth-order valence-corrected chi connectivity index (χ4v) is 11.9. The van der Waals surface area contributed by atoms with Crippen LogP contribution in [0.2, 0.25) is 0 Å². The van der Waals surface area contributed by atoms with Gasteiger partial charge in [0.2, 0.25) is 5.91 Å². The zero-order chi connectivity index (χ0) is 69.0. The predicted octanol–water partition coefficient (Wildman–Crippen LogP) is 25.6. The quantitative estimate of drug-likeness (QED) is 0.0272. The second-order valence-corrected chi connectivity index (χ2v) is 29.1. The first kappa shape index (κ1) is 91.4. The Kier molecular flexibility index (Phi) is 71.8. The normalized spacial score (nSPS) is 14.3. The third kappa shape index (κ3) is 77.6. The third-order valence-corrected chi connectivity index (χ3v) is 18.3. The van der Waals surface area contributed by atoms with E-state index in [0.29, 0.717) is 17.4 Å². The lowest BCUT2D eigenvalue weighted by Crippen LogP contribution is -2.45. The smallest absolute Gasteiger partial charge is 0.268 e. The van der Waals surface area contributed by atoms with Crippen LogP contribution in [-0.2, 0) is 18.4 Å². The van der Waals surface area contributed by atoms with E-state index >= 15 is 0 Å². The molecule has 0 heterocycles. The molecule has 9 heteroatoms. The predicted molar refractivity (Wildman–Crippen MR) is 417 cm³/mol. The lowest BCUT2D eigenvalue weighted by Gasteiger charge is -2.29. The van der Waals surface area contributed by atoms with Gasteiger partial charge in [-0.3, -0.25) is 9.36 Å². The van der Waals surface area contributed by atoms with Crippen LogP contribution in [0.5, 0.6) is 0 Å². The number of aliphatic hydroxyl groups excluding tert-OH is 1. The van der Waals surface area contributed by atoms with Gasteiger partial charge in [-0.25, -0.2) is 0 Å². The first-order valence-electron chi connectivity index (χ1n) is 39.7. The molecule has 2 N–H and O–H groups in total. The van der Waals surface area contributed by atoms with Crippen LogP contribution >= 0.6 is 7.82 Å². The minimum Gasteiger partial charge on any atom is -0.756 e. The van der Waals surface area contributed by atoms with Crippen molar-refractivity contribution in [2.24, 2.45) is 0 Å². The van der Waals surface area contributed by atoms with Crippen LogP contribution in [0.15, 0.2) is 146 Å². The van der Waals surface area contributed by atoms with Crippen molar-refractivity contribution in [2.45, 2.75) is 353 Å². The number of likely N-dealkylation sites (N-methyl/N-ethyl adjacent to an activating group) is 1. The van der Waals surface area contributed by atoms with E-state index in [1.54, 1.807) is 6.08 Å². The molecule has 0 saturated heterocycles. The lowest BCUT2D eigenvalue weighted by molar-refractivity contribution is -0.870. The van der Waals surface area contributed by atoms with Crippen LogP contribution in [0.25, 0.3) is 0 Å². The number of amides is 1. The summed E-state index contributed by atoms with van der Waals surface area (Å²) >= 11 is 0. The SMILES string of the molecule is CC/C=C\C/C=C\C/C=C\C/C=C\C/C=C\C/C=C\C/C=C\C/C=C\C/C=C\C/C=C\C/C=C\CCCCCCCCCC(=O)NC(COP(=O)([O-])OCC[N+](C)(C)C)C(O)/C=C/CCCCCCCCCCCCCCCCCCCCCCCCCCCCCCCC. The summed E-state index contributed by atoms with van der Waals surface area (Å²) in [6.07, 6.45) is 114. The van der Waals surface area contributed by atoms with Crippen molar-refractivity contribution >= 4 is 13.7 Å². The highest BCUT2D eigenvalue weighted by Gasteiger charge is 2.23. The van der Waals surface area contributed by atoms with Crippen molar-refractivity contribution in [3.63, 3.8) is 0 Å². The number of phosphoric acid groups is 1. The number of nitrogens with zero attached hydrogens (tertiary/aromatic N) is 1. The van der Waals surface area contributed by atoms with Crippen molar-refractivity contribution in [1.29, 1.82) is 0 Å². The van der Waals surface area contributed by atoms with Gasteiger partial charge < -0.3 is 28.8 Å². The van der Waals surface area contributed by atoms with Gasteiger partial charge in [0.25, 0.3) is 7.82 Å². The fraction of sp³-hybridized carbons (Fsp3) is 0.709. The Morgan fingerprint density at radius 3 is 0.937 bits per heavy atom. The maximum Gasteiger partial charge on any atom is 0.268 e. The number of allylic oxidation sites excluding steroid dienone is 23. The highest BCUT2D eigenvalue weighted by Crippen LogP contribution is 2.38. The van der Waals surface area contributed by atoms with E-state index in [2.05, 4.69) is 153 Å². The molecule has 0 radical (unpaired) electrons. The summed E-state index contributed by atoms with van der Waals surface area (Å²) in [6.45, 7) is 4.55. The number of carbonyl (C=O) groups excluding carboxylic acids is 1. The lowest BCUT2D eigenvalue weighted by atomic mass is 10.0. The first-order chi connectivity index (χ1) is 46.5. The van der Waals surface area contributed by atoms with Gasteiger partial charge in [-0.2, -0.15) is 0 Å². The zero-order valence-electron chi connectivity index (χ0n) is 62.6. The molecule has 0 aliphatic carbocycles. The fourth-order valence-electron chi connectivity index (χ4n) is 11.2. The number of quaternary nitrogens is 1. The zero-order valence-corrected chi connectivity index (χ0v) is 63.5. The largest absolute Gasteiger partial charge is 0.756 e. The van der Waals surface area contributed by atoms with E-state index in [1.807, 2.05) is 27.2 Å². The number of hydrogen-bond acceptors (Lipinski definition) is 6. The minimum atomic E-state index is -4.62. The standard InChI is InChI=1S/C86H151N2O6P/c1-6-8-10-12-14-16-18-20-22-24-26-28-30-32-34-36-38-40-41-42-43-44-45-46-47-48-50-52-54-56-58-60-62-64-66-68-70-72-74-76-78-80-86(90)87-84(83-94-95(91,92)93-82-81-88(3,4)5)85(89)79-77-75-73-71-69-67-65-63-61-59-57-55-53-51-49-39-37-35-33-31-29-27-25-23-21-19-17-15-13-11-9-7-2/h8,10,14,16,20,22,26,28,32,34,38,40,42-43,45-46,48,50,54,56,60,62,77,79,84-85,89H,6-7,9,11-13,15,17-19,21,23-25,27,29-31,33,35-37,39,41,44,47,49,51-53,55,57-59,61,63-76,78,80-83H2,1-5H3,(H-,87,90,91,92)/b10-8-,16-14-,22-20-,28-26-,34-32-,40-38-,43-42-,46-45-,50-48-,56-54-,62-60-,79-77+. The van der Waals surface area contributed by atoms with E-state index in [1.165, 1.54) is 199 Å². The monoisotopic (exact) mass is 1340 g/mol. The summed E-state index contributed by atoms with van der Waals surface area (Å²) in [4.78, 5) is 25.7. The van der Waals surface area contributed by atoms with Gasteiger partial charge >= 0.3 is 0 Å². The second kappa shape index (κ2) is 74.6. The average molecular weight is 1340 g/mol. The van der Waals surface area contributed by atoms with Gasteiger partial charge in [0, 0.05) is 6.42 Å². The number of carbonyl (C=O) groups is 1. The van der Waals surface area contributed by atoms with Crippen molar-refractivity contribution in [1.82, 2.24) is 5.32 Å². The molecular weight excluding hydrogens is 1190 g/mol. The van der Waals surface area contributed by atoms with Crippen LogP contribution < -0.4 is 10.2 Å². The highest BCUT2D eigenvalue weighted by molar-refractivity contribution is 7.45. The molecule has 0 aliphatic rings. The van der Waals surface area contributed by atoms with Crippen LogP contribution in [0.4, 0.5) is 0 Å². The van der Waals surface area contributed by atoms with E-state index in [9.17, 15) is 19.4 Å². The van der Waals surface area contributed by atoms with E-state index in [-0.39, 0.29) is 12.5 Å². The molecule has 0 aromatic heterocycles. The van der Waals surface area contributed by atoms with Gasteiger partial charge in [0.1, 0.15) is 13.2 Å². The number of phosphoric ester groups is 1. The van der Waals surface area contributed by atoms with Crippen molar-refractivity contribution < 1.29 is 32.9 Å². The number of nitrogens with one attached hydrogen (secondary N) is 1. The maximum absolute atomic E-state index is 13.1. The number of aliphatic hydroxyl groups is 1. The molecule has 8 nitrogen and oxygen atoms in total. The summed E-state index contributed by atoms with van der Waals surface area (Å²) in [5.74, 6) is -0.210. The number of rotatable bonds is 72. The average Bonchev–Trinajstić information content (AvgIpc) is 2.01. The van der Waals surface area contributed by atoms with Gasteiger partial charge in [-0.05, 0) is 103 Å². The van der Waals surface area contributed by atoms with E-state index < -0.39 is 26.6 Å². The Morgan fingerprint density at radius 2 is 0.642 bits per heavy atom. The molecule has 0 saturated carbocycles. The summed E-state index contributed by atoms with van der Waals surface area (Å²) in [6, 6.07) is -0.905. The highest BCUT2D eigenvalue weighted by atomic mass is 31.2. The molecule has 546 valence electrons. The molecular formula is C86H151N2O6P. The van der Waals surface area contributed by atoms with Gasteiger partial charge in [0.15, 0.2) is 0 Å². The Balaban J connectivity index is 4.10. The Morgan fingerprint density at radius 1 is 0.379 bits per heavy atom. The minimum absolute atomic E-state index is 0.00967. The Bertz CT molecular complexity index is 2070. The Hall–Kier alpha value is -3.62. The van der Waals surface area contributed by atoms with Crippen LogP contribution in [-0.4, -0.2) is 68.5 Å². The molecule has 0 fully saturated rings. The second-order valence-electron chi connectivity index (χ2n) is 27.7. The molecule has 0 bridgehead atoms. The summed E-state index contributed by atoms with van der Waals surface area (Å²) in [7, 11) is 1.24. The molecule has 0 aromatic carbocycles. The molecule has 0 aliphatic heterocycles. The molecule has 3 atom stereocenters. The number of hydrogen-bond donors (Lipinski definition) is 2. The molecule has 0 spiro atoms.